The van der Waals surface area contributed by atoms with Gasteiger partial charge >= 0.3 is 5.97 Å². The van der Waals surface area contributed by atoms with Crippen LogP contribution in [0.3, 0.4) is 0 Å². The number of carboxylic acids is 1. The lowest BCUT2D eigenvalue weighted by Gasteiger charge is -2.33. The van der Waals surface area contributed by atoms with Crippen LogP contribution >= 0.6 is 27.5 Å². The molecule has 1 aliphatic carbocycles. The number of carbonyl (C=O) groups is 1. The predicted molar refractivity (Wildman–Crippen MR) is 66.7 cm³/mol. The summed E-state index contributed by atoms with van der Waals surface area (Å²) < 4.78 is 0.949. The maximum absolute atomic E-state index is 10.9. The fourth-order valence-corrected chi connectivity index (χ4v) is 2.86. The van der Waals surface area contributed by atoms with Crippen molar-refractivity contribution in [2.75, 3.05) is 0 Å². The maximum atomic E-state index is 10.9. The van der Waals surface area contributed by atoms with Crippen molar-refractivity contribution in [2.45, 2.75) is 19.3 Å². The minimum Gasteiger partial charge on any atom is -0.481 e. The normalized spacial score (nSPS) is 23.9. The van der Waals surface area contributed by atoms with Crippen molar-refractivity contribution >= 4 is 33.5 Å². The SMILES string of the molecule is O=C(O)C1CCC1Cc1ccc(Br)cc1Cl. The Bertz CT molecular complexity index is 419. The molecule has 1 aliphatic rings. The standard InChI is InChI=1S/C12H12BrClO2/c13-9-3-1-8(11(14)6-9)5-7-2-4-10(7)12(15)16/h1,3,6-7,10H,2,4-5H2,(H,15,16). The van der Waals surface area contributed by atoms with E-state index >= 15 is 0 Å². The first-order chi connectivity index (χ1) is 7.58. The zero-order valence-corrected chi connectivity index (χ0v) is 11.0. The lowest BCUT2D eigenvalue weighted by atomic mass is 9.71. The Kier molecular flexibility index (Phi) is 3.55. The van der Waals surface area contributed by atoms with Crippen molar-refractivity contribution in [1.29, 1.82) is 0 Å². The number of halogens is 2. The molecule has 1 saturated carbocycles. The van der Waals surface area contributed by atoms with E-state index in [1.54, 1.807) is 0 Å². The summed E-state index contributed by atoms with van der Waals surface area (Å²) in [6.07, 6.45) is 2.56. The molecule has 2 atom stereocenters. The molecule has 0 saturated heterocycles. The summed E-state index contributed by atoms with van der Waals surface area (Å²) in [7, 11) is 0. The largest absolute Gasteiger partial charge is 0.481 e. The van der Waals surface area contributed by atoms with E-state index in [4.69, 9.17) is 16.7 Å². The molecule has 2 nitrogen and oxygen atoms in total. The van der Waals surface area contributed by atoms with Crippen molar-refractivity contribution in [1.82, 2.24) is 0 Å². The molecule has 1 N–H and O–H groups in total. The van der Waals surface area contributed by atoms with Crippen LogP contribution in [0.5, 0.6) is 0 Å². The van der Waals surface area contributed by atoms with Crippen molar-refractivity contribution < 1.29 is 9.90 Å². The van der Waals surface area contributed by atoms with Gasteiger partial charge in [0.1, 0.15) is 0 Å². The van der Waals surface area contributed by atoms with E-state index in [1.165, 1.54) is 0 Å². The highest BCUT2D eigenvalue weighted by Crippen LogP contribution is 2.38. The number of hydrogen-bond donors (Lipinski definition) is 1. The van der Waals surface area contributed by atoms with Crippen molar-refractivity contribution in [2.24, 2.45) is 11.8 Å². The zero-order chi connectivity index (χ0) is 11.7. The average molecular weight is 304 g/mol. The lowest BCUT2D eigenvalue weighted by Crippen LogP contribution is -2.34. The Morgan fingerprint density at radius 2 is 2.25 bits per heavy atom. The fourth-order valence-electron chi connectivity index (χ4n) is 2.11. The third-order valence-corrected chi connectivity index (χ3v) is 4.08. The van der Waals surface area contributed by atoms with Crippen LogP contribution in [0.1, 0.15) is 18.4 Å². The smallest absolute Gasteiger partial charge is 0.306 e. The van der Waals surface area contributed by atoms with E-state index in [-0.39, 0.29) is 11.8 Å². The molecule has 86 valence electrons. The molecule has 0 aromatic heterocycles. The Labute approximate surface area is 108 Å². The van der Waals surface area contributed by atoms with Gasteiger partial charge in [0, 0.05) is 9.50 Å². The first-order valence-corrected chi connectivity index (χ1v) is 6.41. The molecule has 0 amide bonds. The highest BCUT2D eigenvalue weighted by atomic mass is 79.9. The third-order valence-electron chi connectivity index (χ3n) is 3.23. The minimum atomic E-state index is -0.676. The molecule has 2 unspecified atom stereocenters. The molecule has 16 heavy (non-hydrogen) atoms. The van der Waals surface area contributed by atoms with Crippen molar-refractivity contribution in [3.05, 3.63) is 33.3 Å². The fraction of sp³-hybridized carbons (Fsp3) is 0.417. The van der Waals surface area contributed by atoms with Crippen LogP contribution in [-0.2, 0) is 11.2 Å². The van der Waals surface area contributed by atoms with Crippen LogP contribution < -0.4 is 0 Å². The van der Waals surface area contributed by atoms with Gasteiger partial charge in [-0.1, -0.05) is 33.6 Å². The summed E-state index contributed by atoms with van der Waals surface area (Å²) in [6.45, 7) is 0. The highest BCUT2D eigenvalue weighted by Gasteiger charge is 2.36. The van der Waals surface area contributed by atoms with Crippen molar-refractivity contribution in [3.63, 3.8) is 0 Å². The number of benzene rings is 1. The van der Waals surface area contributed by atoms with Crippen LogP contribution in [0.4, 0.5) is 0 Å². The summed E-state index contributed by atoms with van der Waals surface area (Å²) in [6, 6.07) is 5.75. The van der Waals surface area contributed by atoms with Crippen LogP contribution in [0, 0.1) is 11.8 Å². The topological polar surface area (TPSA) is 37.3 Å². The molecule has 0 radical (unpaired) electrons. The number of rotatable bonds is 3. The van der Waals surface area contributed by atoms with Gasteiger partial charge in [0.05, 0.1) is 5.92 Å². The summed E-state index contributed by atoms with van der Waals surface area (Å²) >= 11 is 9.45. The predicted octanol–water partition coefficient (Wildman–Crippen LogP) is 3.76. The molecule has 1 aromatic rings. The first-order valence-electron chi connectivity index (χ1n) is 5.24. The van der Waals surface area contributed by atoms with Crippen LogP contribution in [0.25, 0.3) is 0 Å². The minimum absolute atomic E-state index is 0.181. The van der Waals surface area contributed by atoms with Crippen LogP contribution in [0.15, 0.2) is 22.7 Å². The molecule has 0 aliphatic heterocycles. The third kappa shape index (κ3) is 2.41. The van der Waals surface area contributed by atoms with Gasteiger partial charge in [-0.2, -0.15) is 0 Å². The number of carboxylic acid groups (broad SMARTS) is 1. The number of aliphatic carboxylic acids is 1. The first kappa shape index (κ1) is 11.9. The second-order valence-corrected chi connectivity index (χ2v) is 5.54. The zero-order valence-electron chi connectivity index (χ0n) is 8.62. The molecule has 4 heteroatoms. The maximum Gasteiger partial charge on any atom is 0.306 e. The van der Waals surface area contributed by atoms with Crippen LogP contribution in [-0.4, -0.2) is 11.1 Å². The molecule has 0 bridgehead atoms. The molecule has 1 fully saturated rings. The second kappa shape index (κ2) is 4.76. The van der Waals surface area contributed by atoms with Gasteiger partial charge in [0.25, 0.3) is 0 Å². The number of hydrogen-bond acceptors (Lipinski definition) is 1. The molecule has 0 spiro atoms. The van der Waals surface area contributed by atoms with Gasteiger partial charge in [-0.25, -0.2) is 0 Å². The lowest BCUT2D eigenvalue weighted by molar-refractivity contribution is -0.147. The molecule has 0 heterocycles. The van der Waals surface area contributed by atoms with Gasteiger partial charge in [0.2, 0.25) is 0 Å². The Balaban J connectivity index is 2.07. The van der Waals surface area contributed by atoms with E-state index in [2.05, 4.69) is 15.9 Å². The van der Waals surface area contributed by atoms with E-state index < -0.39 is 5.97 Å². The summed E-state index contributed by atoms with van der Waals surface area (Å²) in [5, 5.41) is 9.67. The highest BCUT2D eigenvalue weighted by molar-refractivity contribution is 9.10. The van der Waals surface area contributed by atoms with E-state index in [0.29, 0.717) is 5.02 Å². The van der Waals surface area contributed by atoms with Gasteiger partial charge < -0.3 is 5.11 Å². The van der Waals surface area contributed by atoms with Gasteiger partial charge in [0.15, 0.2) is 0 Å². The van der Waals surface area contributed by atoms with E-state index in [0.717, 1.165) is 29.3 Å². The average Bonchev–Trinajstić information content (AvgIpc) is 2.13. The molecular weight excluding hydrogens is 291 g/mol. The molecule has 2 rings (SSSR count). The Morgan fingerprint density at radius 1 is 1.50 bits per heavy atom. The Morgan fingerprint density at radius 3 is 2.75 bits per heavy atom. The monoisotopic (exact) mass is 302 g/mol. The van der Waals surface area contributed by atoms with E-state index in [9.17, 15) is 4.79 Å². The molecular formula is C12H12BrClO2. The summed E-state index contributed by atoms with van der Waals surface area (Å²) in [5.74, 6) is -0.611. The summed E-state index contributed by atoms with van der Waals surface area (Å²) in [4.78, 5) is 10.9. The van der Waals surface area contributed by atoms with Gasteiger partial charge in [-0.05, 0) is 42.9 Å². The van der Waals surface area contributed by atoms with Crippen LogP contribution in [0.2, 0.25) is 5.02 Å². The quantitative estimate of drug-likeness (QED) is 0.923. The molecule has 1 aromatic carbocycles. The van der Waals surface area contributed by atoms with Crippen molar-refractivity contribution in [3.8, 4) is 0 Å². The van der Waals surface area contributed by atoms with E-state index in [1.807, 2.05) is 18.2 Å². The second-order valence-electron chi connectivity index (χ2n) is 4.22. The van der Waals surface area contributed by atoms with Gasteiger partial charge in [-0.3, -0.25) is 4.79 Å². The van der Waals surface area contributed by atoms with Gasteiger partial charge in [-0.15, -0.1) is 0 Å². The summed E-state index contributed by atoms with van der Waals surface area (Å²) in [5.41, 5.74) is 1.04. The Hall–Kier alpha value is -0.540.